The van der Waals surface area contributed by atoms with E-state index in [1.165, 1.54) is 64.3 Å². The number of hydrogen-bond donors (Lipinski definition) is 0. The van der Waals surface area contributed by atoms with Crippen LogP contribution in [0.3, 0.4) is 0 Å². The van der Waals surface area contributed by atoms with Gasteiger partial charge in [-0.3, -0.25) is 0 Å². The first-order valence-electron chi connectivity index (χ1n) is 14.3. The van der Waals surface area contributed by atoms with Crippen molar-refractivity contribution in [3.63, 3.8) is 0 Å². The second kappa shape index (κ2) is 9.63. The Kier molecular flexibility index (Phi) is 5.83. The van der Waals surface area contributed by atoms with Gasteiger partial charge in [-0.1, -0.05) is 0 Å². The van der Waals surface area contributed by atoms with Gasteiger partial charge in [-0.15, -0.1) is 0 Å². The Morgan fingerprint density at radius 3 is 0.738 bits per heavy atom. The molecular weight excluding hydrogens is 591 g/mol. The van der Waals surface area contributed by atoms with Crippen molar-refractivity contribution in [1.29, 1.82) is 0 Å². The Hall–Kier alpha value is -4.29. The van der Waals surface area contributed by atoms with Crippen molar-refractivity contribution in [2.75, 3.05) is 0 Å². The number of halogens is 1. The van der Waals surface area contributed by atoms with E-state index in [9.17, 15) is 0 Å². The van der Waals surface area contributed by atoms with Gasteiger partial charge in [-0.25, -0.2) is 0 Å². The fraction of sp³-hybridized carbons (Fsp3) is 0. The van der Waals surface area contributed by atoms with Crippen LogP contribution in [-0.4, -0.2) is 0 Å². The second-order valence-corrected chi connectivity index (χ2v) is 19.2. The first kappa shape index (κ1) is 25.4. The average molecular weight is 620 g/mol. The Bertz CT molecular complexity index is 1950. The van der Waals surface area contributed by atoms with E-state index in [4.69, 9.17) is 15.5 Å². The summed E-state index contributed by atoms with van der Waals surface area (Å²) < 4.78 is 0. The molecule has 8 rings (SSSR count). The van der Waals surface area contributed by atoms with Gasteiger partial charge in [-0.2, -0.15) is 0 Å². The molecule has 0 bridgehead atoms. The zero-order chi connectivity index (χ0) is 28.2. The molecule has 0 unspecified atom stereocenters. The molecule has 42 heavy (non-hydrogen) atoms. The standard InChI is InChI=1S/C40H28BrP/c41-42(37-25-9-17-29-13-1-5-21-33(29)37,38-26-10-18-30-14-2-6-22-34(30)38,39-27-11-19-31-15-3-7-23-35(31)39)40-28-12-20-32-16-4-8-24-36(32)40/h1-28H. The van der Waals surface area contributed by atoms with Crippen molar-refractivity contribution in [2.45, 2.75) is 0 Å². The molecule has 0 fully saturated rings. The van der Waals surface area contributed by atoms with Crippen LogP contribution in [0.4, 0.5) is 0 Å². The number of benzene rings is 8. The predicted octanol–water partition coefficient (Wildman–Crippen LogP) is 9.76. The first-order valence-corrected chi connectivity index (χ1v) is 18.6. The van der Waals surface area contributed by atoms with Crippen molar-refractivity contribution in [3.05, 3.63) is 170 Å². The monoisotopic (exact) mass is 618 g/mol. The fourth-order valence-corrected chi connectivity index (χ4v) is 16.4. The van der Waals surface area contributed by atoms with Crippen LogP contribution in [0.1, 0.15) is 0 Å². The van der Waals surface area contributed by atoms with Crippen molar-refractivity contribution in [2.24, 2.45) is 0 Å². The third kappa shape index (κ3) is 3.45. The van der Waals surface area contributed by atoms with Gasteiger partial charge in [0.15, 0.2) is 0 Å². The molecule has 0 nitrogen and oxygen atoms in total. The van der Waals surface area contributed by atoms with Gasteiger partial charge in [0.2, 0.25) is 0 Å². The van der Waals surface area contributed by atoms with E-state index in [0.29, 0.717) is 0 Å². The Labute approximate surface area is 253 Å². The summed E-state index contributed by atoms with van der Waals surface area (Å²) in [7, 11) is 0. The van der Waals surface area contributed by atoms with Crippen molar-refractivity contribution in [3.8, 4) is 0 Å². The van der Waals surface area contributed by atoms with Crippen LogP contribution in [0.15, 0.2) is 170 Å². The van der Waals surface area contributed by atoms with E-state index in [-0.39, 0.29) is 0 Å². The summed E-state index contributed by atoms with van der Waals surface area (Å²) in [5, 5.41) is 11.6. The summed E-state index contributed by atoms with van der Waals surface area (Å²) in [6, 6.07) is 62.8. The van der Waals surface area contributed by atoms with Crippen molar-refractivity contribution < 1.29 is 0 Å². The second-order valence-electron chi connectivity index (χ2n) is 11.0. The molecule has 0 radical (unpaired) electrons. The summed E-state index contributed by atoms with van der Waals surface area (Å²) in [5.74, 6) is 0. The molecule has 0 N–H and O–H groups in total. The molecule has 0 amide bonds. The molecule has 8 aromatic carbocycles. The third-order valence-corrected chi connectivity index (χ3v) is 18.6. The van der Waals surface area contributed by atoms with Crippen LogP contribution in [0, 0.1) is 0 Å². The van der Waals surface area contributed by atoms with Gasteiger partial charge in [0.1, 0.15) is 0 Å². The molecule has 0 spiro atoms. The third-order valence-electron chi connectivity index (χ3n) is 8.88. The quantitative estimate of drug-likeness (QED) is 0.172. The molecule has 0 aliphatic carbocycles. The predicted molar refractivity (Wildman–Crippen MR) is 190 cm³/mol. The summed E-state index contributed by atoms with van der Waals surface area (Å²) >= 11 is 4.94. The Morgan fingerprint density at radius 1 is 0.262 bits per heavy atom. The Morgan fingerprint density at radius 2 is 0.476 bits per heavy atom. The summed E-state index contributed by atoms with van der Waals surface area (Å²) in [5.41, 5.74) is 0. The summed E-state index contributed by atoms with van der Waals surface area (Å²) in [6.07, 6.45) is 0. The average Bonchev–Trinajstić information content (AvgIpc) is 3.07. The van der Waals surface area contributed by atoms with E-state index in [2.05, 4.69) is 170 Å². The Balaban J connectivity index is 1.75. The SMILES string of the molecule is BrP(c1cccc2ccccc12)(c1cccc2ccccc12)(c1cccc2ccccc12)c1cccc2ccccc12. The summed E-state index contributed by atoms with van der Waals surface area (Å²) in [4.78, 5) is 0. The molecular formula is C40H28BrP. The minimum atomic E-state index is -3.70. The van der Waals surface area contributed by atoms with Crippen molar-refractivity contribution in [1.82, 2.24) is 0 Å². The van der Waals surface area contributed by atoms with Gasteiger partial charge in [0.05, 0.1) is 0 Å². The molecule has 0 saturated heterocycles. The van der Waals surface area contributed by atoms with Gasteiger partial charge in [0, 0.05) is 0 Å². The normalized spacial score (nSPS) is 12.9. The van der Waals surface area contributed by atoms with Crippen LogP contribution in [0.25, 0.3) is 43.1 Å². The molecule has 0 heterocycles. The van der Waals surface area contributed by atoms with Gasteiger partial charge in [0.25, 0.3) is 0 Å². The fourth-order valence-electron chi connectivity index (χ4n) is 7.08. The first-order chi connectivity index (χ1) is 20.7. The van der Waals surface area contributed by atoms with E-state index < -0.39 is 5.31 Å². The molecule has 0 atom stereocenters. The zero-order valence-corrected chi connectivity index (χ0v) is 25.5. The molecule has 0 aliphatic heterocycles. The number of rotatable bonds is 4. The van der Waals surface area contributed by atoms with Crippen LogP contribution >= 0.6 is 20.8 Å². The maximum absolute atomic E-state index is 4.94. The molecule has 8 aromatic rings. The molecule has 0 aromatic heterocycles. The van der Waals surface area contributed by atoms with Gasteiger partial charge in [-0.05, 0) is 0 Å². The maximum atomic E-state index is 4.94. The molecule has 200 valence electrons. The van der Waals surface area contributed by atoms with E-state index >= 15 is 0 Å². The van der Waals surface area contributed by atoms with Crippen molar-refractivity contribution >= 4 is 85.1 Å². The van der Waals surface area contributed by atoms with E-state index in [0.717, 1.165) is 0 Å². The zero-order valence-electron chi connectivity index (χ0n) is 23.0. The van der Waals surface area contributed by atoms with Gasteiger partial charge >= 0.3 is 255 Å². The van der Waals surface area contributed by atoms with E-state index in [1.54, 1.807) is 0 Å². The van der Waals surface area contributed by atoms with Crippen LogP contribution in [-0.2, 0) is 0 Å². The molecule has 2 heteroatoms. The van der Waals surface area contributed by atoms with Crippen LogP contribution in [0.5, 0.6) is 0 Å². The number of fused-ring (bicyclic) bond motifs is 4. The molecule has 0 aliphatic rings. The summed E-state index contributed by atoms with van der Waals surface area (Å²) in [6.45, 7) is 0. The molecule has 0 saturated carbocycles. The number of hydrogen-bond acceptors (Lipinski definition) is 0. The topological polar surface area (TPSA) is 0 Å². The minimum absolute atomic E-state index is 1.24. The van der Waals surface area contributed by atoms with Crippen LogP contribution in [0.2, 0.25) is 0 Å². The van der Waals surface area contributed by atoms with Crippen LogP contribution < -0.4 is 21.2 Å². The van der Waals surface area contributed by atoms with E-state index in [1.807, 2.05) is 0 Å². The van der Waals surface area contributed by atoms with Gasteiger partial charge < -0.3 is 0 Å².